The molecule has 0 aliphatic heterocycles. The van der Waals surface area contributed by atoms with E-state index in [1.165, 1.54) is 0 Å². The predicted octanol–water partition coefficient (Wildman–Crippen LogP) is 4.47. The maximum absolute atomic E-state index is 11.9. The van der Waals surface area contributed by atoms with Crippen molar-refractivity contribution in [3.05, 3.63) is 46.6 Å². The summed E-state index contributed by atoms with van der Waals surface area (Å²) in [6.45, 7) is 4.95. The number of halogens is 2. The number of nitrogens with zero attached hydrogens (tertiary/aromatic N) is 1. The Morgan fingerprint density at radius 1 is 1.25 bits per heavy atom. The van der Waals surface area contributed by atoms with E-state index in [-0.39, 0.29) is 12.5 Å². The van der Waals surface area contributed by atoms with E-state index < -0.39 is 0 Å². The summed E-state index contributed by atoms with van der Waals surface area (Å²) in [6, 6.07) is 8.41. The lowest BCUT2D eigenvalue weighted by Gasteiger charge is -2.10. The average molecular weight is 368 g/mol. The van der Waals surface area contributed by atoms with Crippen LogP contribution in [-0.4, -0.2) is 24.0 Å². The number of nitrogens with one attached hydrogen (secondary N) is 2. The van der Waals surface area contributed by atoms with Crippen LogP contribution in [0.3, 0.4) is 0 Å². The highest BCUT2D eigenvalue weighted by Gasteiger charge is 2.07. The van der Waals surface area contributed by atoms with Crippen molar-refractivity contribution in [1.82, 2.24) is 4.98 Å². The van der Waals surface area contributed by atoms with Crippen molar-refractivity contribution in [2.75, 3.05) is 23.8 Å². The van der Waals surface area contributed by atoms with Gasteiger partial charge in [-0.3, -0.25) is 4.79 Å². The van der Waals surface area contributed by atoms with Crippen LogP contribution in [0.2, 0.25) is 10.0 Å². The quantitative estimate of drug-likeness (QED) is 0.757. The SMILES string of the molecule is CC(C)CNc1ccc(NC(=O)COc2ccc(Cl)cc2Cl)nc1. The van der Waals surface area contributed by atoms with Gasteiger partial charge in [0.05, 0.1) is 16.9 Å². The van der Waals surface area contributed by atoms with E-state index in [0.717, 1.165) is 12.2 Å². The van der Waals surface area contributed by atoms with Crippen LogP contribution in [0.15, 0.2) is 36.5 Å². The Labute approximate surface area is 151 Å². The van der Waals surface area contributed by atoms with Gasteiger partial charge in [0.25, 0.3) is 5.91 Å². The van der Waals surface area contributed by atoms with Crippen LogP contribution in [0.5, 0.6) is 5.75 Å². The number of aromatic nitrogens is 1. The van der Waals surface area contributed by atoms with E-state index in [1.54, 1.807) is 30.5 Å². The minimum Gasteiger partial charge on any atom is -0.482 e. The number of rotatable bonds is 7. The molecule has 0 saturated heterocycles. The van der Waals surface area contributed by atoms with E-state index in [4.69, 9.17) is 27.9 Å². The van der Waals surface area contributed by atoms with Crippen molar-refractivity contribution >= 4 is 40.6 Å². The molecule has 128 valence electrons. The Hall–Kier alpha value is -1.98. The molecule has 1 amide bonds. The van der Waals surface area contributed by atoms with E-state index >= 15 is 0 Å². The second kappa shape index (κ2) is 8.76. The van der Waals surface area contributed by atoms with Gasteiger partial charge in [-0.15, -0.1) is 0 Å². The van der Waals surface area contributed by atoms with Crippen molar-refractivity contribution in [2.24, 2.45) is 5.92 Å². The van der Waals surface area contributed by atoms with Gasteiger partial charge in [-0.2, -0.15) is 0 Å². The molecule has 0 spiro atoms. The lowest BCUT2D eigenvalue weighted by molar-refractivity contribution is -0.118. The van der Waals surface area contributed by atoms with E-state index in [0.29, 0.717) is 27.5 Å². The summed E-state index contributed by atoms with van der Waals surface area (Å²) in [6.07, 6.45) is 1.68. The molecular formula is C17H19Cl2N3O2. The molecule has 5 nitrogen and oxygen atoms in total. The first-order valence-corrected chi connectivity index (χ1v) is 8.27. The fourth-order valence-electron chi connectivity index (χ4n) is 1.81. The minimum atomic E-state index is -0.323. The summed E-state index contributed by atoms with van der Waals surface area (Å²) in [4.78, 5) is 16.1. The van der Waals surface area contributed by atoms with Gasteiger partial charge >= 0.3 is 0 Å². The van der Waals surface area contributed by atoms with Crippen molar-refractivity contribution in [2.45, 2.75) is 13.8 Å². The second-order valence-corrected chi connectivity index (χ2v) is 6.46. The zero-order chi connectivity index (χ0) is 17.5. The molecule has 2 rings (SSSR count). The van der Waals surface area contributed by atoms with Crippen molar-refractivity contribution < 1.29 is 9.53 Å². The Kier molecular flexibility index (Phi) is 6.70. The highest BCUT2D eigenvalue weighted by Crippen LogP contribution is 2.27. The van der Waals surface area contributed by atoms with Gasteiger partial charge in [0, 0.05) is 11.6 Å². The minimum absolute atomic E-state index is 0.170. The summed E-state index contributed by atoms with van der Waals surface area (Å²) < 4.78 is 5.37. The largest absolute Gasteiger partial charge is 0.482 e. The molecular weight excluding hydrogens is 349 g/mol. The summed E-state index contributed by atoms with van der Waals surface area (Å²) in [5.74, 6) is 1.08. The lowest BCUT2D eigenvalue weighted by Crippen LogP contribution is -2.20. The molecule has 0 aliphatic carbocycles. The molecule has 0 saturated carbocycles. The first-order chi connectivity index (χ1) is 11.4. The maximum Gasteiger partial charge on any atom is 0.263 e. The zero-order valence-electron chi connectivity index (χ0n) is 13.5. The molecule has 2 N–H and O–H groups in total. The summed E-state index contributed by atoms with van der Waals surface area (Å²) in [5, 5.41) is 6.78. The molecule has 0 aliphatic rings. The smallest absolute Gasteiger partial charge is 0.263 e. The van der Waals surface area contributed by atoms with Crippen LogP contribution in [0.4, 0.5) is 11.5 Å². The lowest BCUT2D eigenvalue weighted by atomic mass is 10.2. The van der Waals surface area contributed by atoms with Crippen LogP contribution < -0.4 is 15.4 Å². The Morgan fingerprint density at radius 2 is 2.04 bits per heavy atom. The fourth-order valence-corrected chi connectivity index (χ4v) is 2.27. The standard InChI is InChI=1S/C17H19Cl2N3O2/c1-11(2)8-20-13-4-6-16(21-9-13)22-17(23)10-24-15-5-3-12(18)7-14(15)19/h3-7,9,11,20H,8,10H2,1-2H3,(H,21,22,23). The molecule has 0 bridgehead atoms. The van der Waals surface area contributed by atoms with Gasteiger partial charge in [0.1, 0.15) is 11.6 Å². The van der Waals surface area contributed by atoms with Crippen molar-refractivity contribution in [1.29, 1.82) is 0 Å². The number of amides is 1. The molecule has 0 atom stereocenters. The summed E-state index contributed by atoms with van der Waals surface area (Å²) in [7, 11) is 0. The van der Waals surface area contributed by atoms with Gasteiger partial charge in [-0.25, -0.2) is 4.98 Å². The molecule has 0 radical (unpaired) electrons. The maximum atomic E-state index is 11.9. The Bertz CT molecular complexity index is 691. The van der Waals surface area contributed by atoms with Crippen LogP contribution >= 0.6 is 23.2 Å². The van der Waals surface area contributed by atoms with Crippen LogP contribution in [0, 0.1) is 5.92 Å². The van der Waals surface area contributed by atoms with Gasteiger partial charge in [-0.05, 0) is 36.2 Å². The number of hydrogen-bond donors (Lipinski definition) is 2. The van der Waals surface area contributed by atoms with Gasteiger partial charge < -0.3 is 15.4 Å². The number of pyridine rings is 1. The molecule has 1 aromatic carbocycles. The summed E-state index contributed by atoms with van der Waals surface area (Å²) in [5.41, 5.74) is 0.908. The highest BCUT2D eigenvalue weighted by molar-refractivity contribution is 6.35. The number of benzene rings is 1. The zero-order valence-corrected chi connectivity index (χ0v) is 15.0. The van der Waals surface area contributed by atoms with E-state index in [9.17, 15) is 4.79 Å². The monoisotopic (exact) mass is 367 g/mol. The van der Waals surface area contributed by atoms with Gasteiger partial charge in [-0.1, -0.05) is 37.0 Å². The summed E-state index contributed by atoms with van der Waals surface area (Å²) >= 11 is 11.8. The van der Waals surface area contributed by atoms with Crippen LogP contribution in [-0.2, 0) is 4.79 Å². The Balaban J connectivity index is 1.83. The van der Waals surface area contributed by atoms with E-state index in [2.05, 4.69) is 29.5 Å². The molecule has 0 unspecified atom stereocenters. The highest BCUT2D eigenvalue weighted by atomic mass is 35.5. The average Bonchev–Trinajstić information content (AvgIpc) is 2.53. The van der Waals surface area contributed by atoms with Crippen LogP contribution in [0.25, 0.3) is 0 Å². The predicted molar refractivity (Wildman–Crippen MR) is 98.2 cm³/mol. The third-order valence-corrected chi connectivity index (χ3v) is 3.53. The fraction of sp³-hybridized carbons (Fsp3) is 0.294. The molecule has 0 fully saturated rings. The number of hydrogen-bond acceptors (Lipinski definition) is 4. The Morgan fingerprint density at radius 3 is 2.67 bits per heavy atom. The third kappa shape index (κ3) is 5.91. The van der Waals surface area contributed by atoms with Crippen molar-refractivity contribution in [3.63, 3.8) is 0 Å². The van der Waals surface area contributed by atoms with E-state index in [1.807, 2.05) is 6.07 Å². The van der Waals surface area contributed by atoms with Gasteiger partial charge in [0.2, 0.25) is 0 Å². The number of anilines is 2. The topological polar surface area (TPSA) is 63.2 Å². The first kappa shape index (κ1) is 18.4. The molecule has 1 heterocycles. The normalized spacial score (nSPS) is 10.5. The molecule has 7 heteroatoms. The molecule has 2 aromatic rings. The molecule has 24 heavy (non-hydrogen) atoms. The molecule has 1 aromatic heterocycles. The second-order valence-electron chi connectivity index (χ2n) is 5.62. The first-order valence-electron chi connectivity index (χ1n) is 7.51. The van der Waals surface area contributed by atoms with Crippen LogP contribution in [0.1, 0.15) is 13.8 Å². The number of carbonyl (C=O) groups is 1. The van der Waals surface area contributed by atoms with Crippen molar-refractivity contribution in [3.8, 4) is 5.75 Å². The third-order valence-electron chi connectivity index (χ3n) is 3.00. The number of ether oxygens (including phenoxy) is 1. The number of carbonyl (C=O) groups excluding carboxylic acids is 1. The van der Waals surface area contributed by atoms with Gasteiger partial charge in [0.15, 0.2) is 6.61 Å².